The minimum Gasteiger partial charge on any atom is -0.486 e. The Hall–Kier alpha value is -2.34. The van der Waals surface area contributed by atoms with Gasteiger partial charge < -0.3 is 4.74 Å². The van der Waals surface area contributed by atoms with Crippen molar-refractivity contribution in [3.8, 4) is 17.0 Å². The van der Waals surface area contributed by atoms with Crippen molar-refractivity contribution in [3.63, 3.8) is 0 Å². The van der Waals surface area contributed by atoms with Gasteiger partial charge in [-0.15, -0.1) is 11.3 Å². The van der Waals surface area contributed by atoms with Crippen molar-refractivity contribution in [1.29, 1.82) is 0 Å². The number of benzene rings is 2. The molecule has 4 rings (SSSR count). The summed E-state index contributed by atoms with van der Waals surface area (Å²) in [6.07, 6.45) is -1.92. The third-order valence-electron chi connectivity index (χ3n) is 4.60. The van der Waals surface area contributed by atoms with Gasteiger partial charge in [0.05, 0.1) is 11.3 Å². The Morgan fingerprint density at radius 1 is 1.11 bits per heavy atom. The zero-order chi connectivity index (χ0) is 19.0. The minimum absolute atomic E-state index is 0.356. The lowest BCUT2D eigenvalue weighted by molar-refractivity contribution is -0.137. The summed E-state index contributed by atoms with van der Waals surface area (Å²) in [4.78, 5) is 4.51. The molecule has 0 spiro atoms. The van der Waals surface area contributed by atoms with E-state index in [1.54, 1.807) is 0 Å². The van der Waals surface area contributed by atoms with Crippen molar-refractivity contribution in [3.05, 3.63) is 69.5 Å². The molecule has 1 heterocycles. The standard InChI is InChI=1S/C21H18F3NOS/c1-13-2-9-17(14-3-4-14)19(10-13)26-11-20-25-18(12-27-20)15-5-7-16(8-6-15)21(22,23)24/h2,5-10,12,14H,3-4,11H2,1H3. The molecule has 0 radical (unpaired) electrons. The number of alkyl halides is 3. The maximum atomic E-state index is 12.7. The number of hydrogen-bond acceptors (Lipinski definition) is 3. The molecule has 0 atom stereocenters. The molecule has 140 valence electrons. The van der Waals surface area contributed by atoms with Gasteiger partial charge in [-0.1, -0.05) is 24.3 Å². The van der Waals surface area contributed by atoms with E-state index in [1.165, 1.54) is 41.9 Å². The van der Waals surface area contributed by atoms with Crippen LogP contribution in [0.4, 0.5) is 13.2 Å². The van der Waals surface area contributed by atoms with E-state index in [2.05, 4.69) is 23.2 Å². The highest BCUT2D eigenvalue weighted by Gasteiger charge is 2.30. The van der Waals surface area contributed by atoms with Gasteiger partial charge in [0.25, 0.3) is 0 Å². The quantitative estimate of drug-likeness (QED) is 0.491. The summed E-state index contributed by atoms with van der Waals surface area (Å²) in [6, 6.07) is 11.4. The molecule has 6 heteroatoms. The predicted molar refractivity (Wildman–Crippen MR) is 100 cm³/mol. The molecule has 1 fully saturated rings. The molecule has 0 aliphatic heterocycles. The first kappa shape index (κ1) is 18.0. The monoisotopic (exact) mass is 389 g/mol. The minimum atomic E-state index is -4.33. The van der Waals surface area contributed by atoms with Gasteiger partial charge in [0.15, 0.2) is 0 Å². The summed E-state index contributed by atoms with van der Waals surface area (Å²) in [5, 5.41) is 2.65. The first-order chi connectivity index (χ1) is 12.9. The molecule has 1 aliphatic rings. The molecule has 2 nitrogen and oxygen atoms in total. The topological polar surface area (TPSA) is 22.1 Å². The predicted octanol–water partition coefficient (Wildman–Crippen LogP) is 6.59. The maximum absolute atomic E-state index is 12.7. The first-order valence-corrected chi connectivity index (χ1v) is 9.63. The van der Waals surface area contributed by atoms with Crippen LogP contribution in [0.25, 0.3) is 11.3 Å². The summed E-state index contributed by atoms with van der Waals surface area (Å²) in [6.45, 7) is 2.39. The summed E-state index contributed by atoms with van der Waals surface area (Å²) >= 11 is 1.45. The Kier molecular flexibility index (Phi) is 4.68. The second kappa shape index (κ2) is 7.00. The molecule has 0 unspecified atom stereocenters. The van der Waals surface area contributed by atoms with Gasteiger partial charge in [0.2, 0.25) is 0 Å². The van der Waals surface area contributed by atoms with Gasteiger partial charge >= 0.3 is 6.18 Å². The van der Waals surface area contributed by atoms with Crippen molar-refractivity contribution < 1.29 is 17.9 Å². The van der Waals surface area contributed by atoms with Gasteiger partial charge in [-0.2, -0.15) is 13.2 Å². The van der Waals surface area contributed by atoms with Gasteiger partial charge in [0.1, 0.15) is 17.4 Å². The van der Waals surface area contributed by atoms with E-state index in [0.29, 0.717) is 23.8 Å². The van der Waals surface area contributed by atoms with Crippen molar-refractivity contribution >= 4 is 11.3 Å². The van der Waals surface area contributed by atoms with E-state index in [4.69, 9.17) is 4.74 Å². The molecule has 0 bridgehead atoms. The summed E-state index contributed by atoms with van der Waals surface area (Å²) in [7, 11) is 0. The van der Waals surface area contributed by atoms with E-state index in [9.17, 15) is 13.2 Å². The average Bonchev–Trinajstić information content (AvgIpc) is 3.37. The second-order valence-electron chi connectivity index (χ2n) is 6.81. The summed E-state index contributed by atoms with van der Waals surface area (Å²) < 4.78 is 44.1. The van der Waals surface area contributed by atoms with E-state index >= 15 is 0 Å². The van der Waals surface area contributed by atoms with Gasteiger partial charge in [-0.3, -0.25) is 0 Å². The van der Waals surface area contributed by atoms with Gasteiger partial charge in [-0.25, -0.2) is 4.98 Å². The van der Waals surface area contributed by atoms with E-state index in [-0.39, 0.29) is 0 Å². The zero-order valence-corrected chi connectivity index (χ0v) is 15.5. The fourth-order valence-electron chi connectivity index (χ4n) is 2.98. The molecular weight excluding hydrogens is 371 g/mol. The number of ether oxygens (including phenoxy) is 1. The van der Waals surface area contributed by atoms with Crippen molar-refractivity contribution in [2.45, 2.75) is 38.5 Å². The summed E-state index contributed by atoms with van der Waals surface area (Å²) in [5.74, 6) is 1.50. The normalized spacial score (nSPS) is 14.4. The molecule has 0 amide bonds. The van der Waals surface area contributed by atoms with Gasteiger partial charge in [0, 0.05) is 10.9 Å². The van der Waals surface area contributed by atoms with Crippen molar-refractivity contribution in [2.75, 3.05) is 0 Å². The molecule has 0 N–H and O–H groups in total. The molecule has 27 heavy (non-hydrogen) atoms. The van der Waals surface area contributed by atoms with Crippen LogP contribution in [0.3, 0.4) is 0 Å². The van der Waals surface area contributed by atoms with Crippen LogP contribution in [0, 0.1) is 6.92 Å². The van der Waals surface area contributed by atoms with Gasteiger partial charge in [-0.05, 0) is 55.0 Å². The van der Waals surface area contributed by atoms with Crippen LogP contribution in [0.2, 0.25) is 0 Å². The highest BCUT2D eigenvalue weighted by atomic mass is 32.1. The van der Waals surface area contributed by atoms with Crippen molar-refractivity contribution in [2.24, 2.45) is 0 Å². The maximum Gasteiger partial charge on any atom is 0.416 e. The Morgan fingerprint density at radius 3 is 2.52 bits per heavy atom. The smallest absolute Gasteiger partial charge is 0.416 e. The highest BCUT2D eigenvalue weighted by molar-refractivity contribution is 7.09. The number of thiazole rings is 1. The Morgan fingerprint density at radius 2 is 1.85 bits per heavy atom. The number of halogens is 3. The van der Waals surface area contributed by atoms with Crippen LogP contribution in [0.15, 0.2) is 47.8 Å². The molecule has 1 aromatic heterocycles. The first-order valence-electron chi connectivity index (χ1n) is 8.75. The van der Waals surface area contributed by atoms with E-state index in [1.807, 2.05) is 12.3 Å². The molecular formula is C21H18F3NOS. The fraction of sp³-hybridized carbons (Fsp3) is 0.286. The SMILES string of the molecule is Cc1ccc(C2CC2)c(OCc2nc(-c3ccc(C(F)(F)F)cc3)cs2)c1. The van der Waals surface area contributed by atoms with E-state index in [0.717, 1.165) is 28.5 Å². The largest absolute Gasteiger partial charge is 0.486 e. The van der Waals surface area contributed by atoms with Crippen LogP contribution in [-0.4, -0.2) is 4.98 Å². The number of rotatable bonds is 5. The number of aryl methyl sites for hydroxylation is 1. The molecule has 2 aromatic carbocycles. The molecule has 3 aromatic rings. The highest BCUT2D eigenvalue weighted by Crippen LogP contribution is 2.44. The lowest BCUT2D eigenvalue weighted by Gasteiger charge is -2.11. The second-order valence-corrected chi connectivity index (χ2v) is 7.75. The lowest BCUT2D eigenvalue weighted by Crippen LogP contribution is -2.04. The van der Waals surface area contributed by atoms with Crippen LogP contribution >= 0.6 is 11.3 Å². The molecule has 1 aliphatic carbocycles. The molecule has 0 saturated heterocycles. The Balaban J connectivity index is 1.47. The third kappa shape index (κ3) is 4.16. The Labute approximate surface area is 159 Å². The zero-order valence-electron chi connectivity index (χ0n) is 14.7. The number of hydrogen-bond donors (Lipinski definition) is 0. The number of nitrogens with zero attached hydrogens (tertiary/aromatic N) is 1. The van der Waals surface area contributed by atoms with Crippen LogP contribution in [0.5, 0.6) is 5.75 Å². The van der Waals surface area contributed by atoms with Crippen LogP contribution in [0.1, 0.15) is 40.5 Å². The fourth-order valence-corrected chi connectivity index (χ4v) is 3.69. The lowest BCUT2D eigenvalue weighted by atomic mass is 10.1. The van der Waals surface area contributed by atoms with Crippen LogP contribution < -0.4 is 4.74 Å². The third-order valence-corrected chi connectivity index (χ3v) is 5.42. The number of aromatic nitrogens is 1. The van der Waals surface area contributed by atoms with Crippen molar-refractivity contribution in [1.82, 2.24) is 4.98 Å². The Bertz CT molecular complexity index is 943. The summed E-state index contributed by atoms with van der Waals surface area (Å²) in [5.41, 5.74) is 3.08. The van der Waals surface area contributed by atoms with E-state index < -0.39 is 11.7 Å². The average molecular weight is 389 g/mol. The van der Waals surface area contributed by atoms with Crippen LogP contribution in [-0.2, 0) is 12.8 Å². The molecule has 1 saturated carbocycles.